The second-order valence-electron chi connectivity index (χ2n) is 5.52. The maximum absolute atomic E-state index is 8.35. The molecule has 4 heteroatoms. The molecule has 4 nitrogen and oxygen atoms in total. The highest BCUT2D eigenvalue weighted by Crippen LogP contribution is 2.32. The number of isocyanates is 2. The van der Waals surface area contributed by atoms with E-state index in [2.05, 4.69) is 59.7 Å². The van der Waals surface area contributed by atoms with Crippen molar-refractivity contribution in [1.29, 1.82) is 10.8 Å². The number of nitrogens with one attached hydrogen (secondary N) is 2. The smallest absolute Gasteiger partial charge is 0.222 e. The second-order valence-corrected chi connectivity index (χ2v) is 5.52. The first kappa shape index (κ1) is 21.3. The van der Waals surface area contributed by atoms with Crippen LogP contribution in [0.1, 0.15) is 76.0 Å². The maximum atomic E-state index is 8.35. The fourth-order valence-corrected chi connectivity index (χ4v) is 2.28. The monoisotopic (exact) mass is 290 g/mol. The standard InChI is InChI=1S/C15H24.2CHNO/c1-10(2)13-8-7-9-14(11(3)4)15(13)12(5)6;2*2-1-3/h7-12H,1-6H3;2*2H. The molecule has 0 spiro atoms. The lowest BCUT2D eigenvalue weighted by atomic mass is 9.83. The van der Waals surface area contributed by atoms with Gasteiger partial charge in [0.2, 0.25) is 12.2 Å². The summed E-state index contributed by atoms with van der Waals surface area (Å²) in [5.74, 6) is 1.88. The van der Waals surface area contributed by atoms with Gasteiger partial charge in [-0.1, -0.05) is 59.7 Å². The van der Waals surface area contributed by atoms with Crippen LogP contribution in [0.4, 0.5) is 0 Å². The quantitative estimate of drug-likeness (QED) is 0.615. The average molecular weight is 290 g/mol. The van der Waals surface area contributed by atoms with E-state index in [1.165, 1.54) is 11.1 Å². The first-order valence-electron chi connectivity index (χ1n) is 6.98. The van der Waals surface area contributed by atoms with Gasteiger partial charge in [-0.25, -0.2) is 20.4 Å². The molecule has 1 aromatic rings. The van der Waals surface area contributed by atoms with Crippen LogP contribution >= 0.6 is 0 Å². The molecule has 0 aliphatic heterocycles. The van der Waals surface area contributed by atoms with Crippen molar-refractivity contribution in [2.24, 2.45) is 0 Å². The predicted molar refractivity (Wildman–Crippen MR) is 85.5 cm³/mol. The summed E-state index contributed by atoms with van der Waals surface area (Å²) in [5, 5.41) is 10.8. The van der Waals surface area contributed by atoms with Gasteiger partial charge in [-0.05, 0) is 34.4 Å². The summed E-state index contributed by atoms with van der Waals surface area (Å²) in [6, 6.07) is 6.77. The molecule has 0 unspecified atom stereocenters. The molecule has 0 amide bonds. The van der Waals surface area contributed by atoms with Crippen LogP contribution in [0.3, 0.4) is 0 Å². The van der Waals surface area contributed by atoms with E-state index < -0.39 is 0 Å². The zero-order valence-corrected chi connectivity index (χ0v) is 13.8. The molecule has 116 valence electrons. The fourth-order valence-electron chi connectivity index (χ4n) is 2.28. The first-order valence-corrected chi connectivity index (χ1v) is 6.98. The summed E-state index contributed by atoms with van der Waals surface area (Å²) in [4.78, 5) is 16.7. The Kier molecular flexibility index (Phi) is 11.9. The molecular formula is C17H26N2O2. The molecule has 21 heavy (non-hydrogen) atoms. The highest BCUT2D eigenvalue weighted by Gasteiger charge is 2.15. The van der Waals surface area contributed by atoms with Crippen LogP contribution in [0, 0.1) is 10.8 Å². The van der Waals surface area contributed by atoms with E-state index in [0.29, 0.717) is 17.8 Å². The number of benzene rings is 1. The van der Waals surface area contributed by atoms with Crippen molar-refractivity contribution in [1.82, 2.24) is 0 Å². The molecule has 0 atom stereocenters. The van der Waals surface area contributed by atoms with Crippen LogP contribution in [-0.2, 0) is 9.59 Å². The van der Waals surface area contributed by atoms with Crippen molar-refractivity contribution in [2.45, 2.75) is 59.3 Å². The maximum Gasteiger partial charge on any atom is 0.231 e. The fraction of sp³-hybridized carbons (Fsp3) is 0.529. The highest BCUT2D eigenvalue weighted by molar-refractivity contribution is 5.40. The molecule has 0 aromatic heterocycles. The second kappa shape index (κ2) is 11.8. The Morgan fingerprint density at radius 3 is 1.24 bits per heavy atom. The van der Waals surface area contributed by atoms with Crippen LogP contribution in [0.5, 0.6) is 0 Å². The molecule has 0 saturated carbocycles. The Hall–Kier alpha value is -2.02. The molecule has 0 saturated heterocycles. The van der Waals surface area contributed by atoms with Gasteiger partial charge in [0, 0.05) is 0 Å². The minimum atomic E-state index is 0.626. The molecule has 0 fully saturated rings. The van der Waals surface area contributed by atoms with Crippen LogP contribution in [-0.4, -0.2) is 12.2 Å². The first-order chi connectivity index (χ1) is 9.78. The lowest BCUT2D eigenvalue weighted by molar-refractivity contribution is 0.562. The van der Waals surface area contributed by atoms with Crippen LogP contribution in [0.2, 0.25) is 0 Å². The Morgan fingerprint density at radius 2 is 1.05 bits per heavy atom. The van der Waals surface area contributed by atoms with Gasteiger partial charge in [-0.3, -0.25) is 0 Å². The van der Waals surface area contributed by atoms with Gasteiger partial charge in [0.05, 0.1) is 0 Å². The largest absolute Gasteiger partial charge is 0.231 e. The van der Waals surface area contributed by atoms with Crippen molar-refractivity contribution in [2.75, 3.05) is 0 Å². The van der Waals surface area contributed by atoms with E-state index in [0.717, 1.165) is 12.2 Å². The van der Waals surface area contributed by atoms with Gasteiger partial charge >= 0.3 is 0 Å². The summed E-state index contributed by atoms with van der Waals surface area (Å²) in [5.41, 5.74) is 4.62. The summed E-state index contributed by atoms with van der Waals surface area (Å²) >= 11 is 0. The van der Waals surface area contributed by atoms with Crippen molar-refractivity contribution in [3.63, 3.8) is 0 Å². The summed E-state index contributed by atoms with van der Waals surface area (Å²) in [7, 11) is 0. The summed E-state index contributed by atoms with van der Waals surface area (Å²) in [6.07, 6.45) is 1.50. The van der Waals surface area contributed by atoms with E-state index in [1.807, 2.05) is 0 Å². The lowest BCUT2D eigenvalue weighted by Crippen LogP contribution is -2.04. The third kappa shape index (κ3) is 7.98. The third-order valence-corrected chi connectivity index (χ3v) is 2.99. The minimum absolute atomic E-state index is 0.626. The third-order valence-electron chi connectivity index (χ3n) is 2.99. The molecule has 1 aromatic carbocycles. The molecule has 2 N–H and O–H groups in total. The molecule has 0 heterocycles. The molecule has 0 radical (unpaired) electrons. The Balaban J connectivity index is 0. The summed E-state index contributed by atoms with van der Waals surface area (Å²) in [6.45, 7) is 13.7. The van der Waals surface area contributed by atoms with Gasteiger partial charge < -0.3 is 0 Å². The minimum Gasteiger partial charge on any atom is -0.222 e. The molecule has 1 rings (SSSR count). The Labute approximate surface area is 127 Å². The van der Waals surface area contributed by atoms with Crippen LogP contribution in [0.25, 0.3) is 0 Å². The Bertz CT molecular complexity index is 441. The van der Waals surface area contributed by atoms with Crippen molar-refractivity contribution < 1.29 is 9.59 Å². The normalized spacial score (nSPS) is 9.19. The number of hydrogen-bond acceptors (Lipinski definition) is 4. The van der Waals surface area contributed by atoms with Crippen molar-refractivity contribution in [3.05, 3.63) is 34.9 Å². The predicted octanol–water partition coefficient (Wildman–Crippen LogP) is 4.86. The SMILES string of the molecule is CC(C)c1cccc(C(C)C)c1C(C)C.N=C=O.N=C=O. The lowest BCUT2D eigenvalue weighted by Gasteiger charge is -2.22. The van der Waals surface area contributed by atoms with Crippen LogP contribution in [0.15, 0.2) is 18.2 Å². The summed E-state index contributed by atoms with van der Waals surface area (Å²) < 4.78 is 0. The van der Waals surface area contributed by atoms with Crippen molar-refractivity contribution >= 4 is 12.2 Å². The molecule has 0 aliphatic carbocycles. The van der Waals surface area contributed by atoms with E-state index in [9.17, 15) is 0 Å². The van der Waals surface area contributed by atoms with Gasteiger partial charge in [-0.15, -0.1) is 0 Å². The Morgan fingerprint density at radius 1 is 0.762 bits per heavy atom. The number of rotatable bonds is 3. The van der Waals surface area contributed by atoms with Crippen LogP contribution < -0.4 is 0 Å². The zero-order valence-electron chi connectivity index (χ0n) is 13.8. The van der Waals surface area contributed by atoms with Gasteiger partial charge in [0.15, 0.2) is 0 Å². The number of carbonyl (C=O) groups excluding carboxylic acids is 2. The average Bonchev–Trinajstić information content (AvgIpc) is 2.39. The van der Waals surface area contributed by atoms with E-state index in [4.69, 9.17) is 20.4 Å². The molecule has 0 bridgehead atoms. The number of hydrogen-bond donors (Lipinski definition) is 2. The highest BCUT2D eigenvalue weighted by atomic mass is 16.1. The topological polar surface area (TPSA) is 81.8 Å². The van der Waals surface area contributed by atoms with Crippen molar-refractivity contribution in [3.8, 4) is 0 Å². The van der Waals surface area contributed by atoms with Gasteiger partial charge in [-0.2, -0.15) is 0 Å². The molecule has 0 aliphatic rings. The van der Waals surface area contributed by atoms with Gasteiger partial charge in [0.25, 0.3) is 0 Å². The van der Waals surface area contributed by atoms with E-state index >= 15 is 0 Å². The van der Waals surface area contributed by atoms with Gasteiger partial charge in [0.1, 0.15) is 0 Å². The van der Waals surface area contributed by atoms with E-state index in [-0.39, 0.29) is 0 Å². The zero-order chi connectivity index (χ0) is 17.0. The van der Waals surface area contributed by atoms with E-state index in [1.54, 1.807) is 5.56 Å². The molecular weight excluding hydrogens is 264 g/mol.